The summed E-state index contributed by atoms with van der Waals surface area (Å²) in [6, 6.07) is 8.61. The second kappa shape index (κ2) is 7.88. The summed E-state index contributed by atoms with van der Waals surface area (Å²) < 4.78 is 5.31. The zero-order valence-corrected chi connectivity index (χ0v) is 12.6. The molecular formula is C16H25N3O2. The molecule has 2 unspecified atom stereocenters. The van der Waals surface area contributed by atoms with E-state index in [1.165, 1.54) is 19.3 Å². The molecule has 2 rings (SSSR count). The summed E-state index contributed by atoms with van der Waals surface area (Å²) in [5.41, 5.74) is 6.08. The van der Waals surface area contributed by atoms with Gasteiger partial charge in [-0.2, -0.15) is 0 Å². The van der Waals surface area contributed by atoms with E-state index in [9.17, 15) is 4.79 Å². The van der Waals surface area contributed by atoms with Crippen LogP contribution in [0.5, 0.6) is 5.75 Å². The molecular weight excluding hydrogens is 266 g/mol. The maximum Gasteiger partial charge on any atom is 0.255 e. The molecule has 0 spiro atoms. The van der Waals surface area contributed by atoms with Crippen molar-refractivity contribution in [2.75, 3.05) is 18.5 Å². The van der Waals surface area contributed by atoms with E-state index in [0.717, 1.165) is 18.7 Å². The summed E-state index contributed by atoms with van der Waals surface area (Å²) in [5, 5.41) is 7.04. The Labute approximate surface area is 126 Å². The van der Waals surface area contributed by atoms with Crippen molar-refractivity contribution in [3.63, 3.8) is 0 Å². The molecule has 4 N–H and O–H groups in total. The van der Waals surface area contributed by atoms with E-state index >= 15 is 0 Å². The molecule has 1 aromatic carbocycles. The molecule has 116 valence electrons. The lowest BCUT2D eigenvalue weighted by molar-refractivity contribution is -0.119. The first kappa shape index (κ1) is 15.6. The van der Waals surface area contributed by atoms with Gasteiger partial charge in [0, 0.05) is 23.8 Å². The Morgan fingerprint density at radius 1 is 1.52 bits per heavy atom. The second-order valence-corrected chi connectivity index (χ2v) is 5.71. The number of nitrogens with two attached hydrogens (primary N) is 1. The monoisotopic (exact) mass is 291 g/mol. The molecule has 0 radical (unpaired) electrons. The van der Waals surface area contributed by atoms with Gasteiger partial charge < -0.3 is 21.1 Å². The van der Waals surface area contributed by atoms with E-state index in [2.05, 4.69) is 17.6 Å². The molecule has 1 aromatic rings. The largest absolute Gasteiger partial charge is 0.484 e. The number of piperidine rings is 1. The van der Waals surface area contributed by atoms with E-state index in [4.69, 9.17) is 10.5 Å². The highest BCUT2D eigenvalue weighted by molar-refractivity contribution is 5.75. The molecule has 0 bridgehead atoms. The average molecular weight is 291 g/mol. The lowest BCUT2D eigenvalue weighted by atomic mass is 9.98. The Bertz CT molecular complexity index is 459. The third-order valence-electron chi connectivity index (χ3n) is 3.68. The van der Waals surface area contributed by atoms with E-state index in [1.807, 2.05) is 24.3 Å². The second-order valence-electron chi connectivity index (χ2n) is 5.71. The van der Waals surface area contributed by atoms with Gasteiger partial charge >= 0.3 is 0 Å². The van der Waals surface area contributed by atoms with Crippen molar-refractivity contribution < 1.29 is 9.53 Å². The number of hydrogen-bond donors (Lipinski definition) is 3. The normalized spacial score (nSPS) is 19.8. The Morgan fingerprint density at radius 3 is 3.10 bits per heavy atom. The van der Waals surface area contributed by atoms with Crippen molar-refractivity contribution in [2.45, 2.75) is 44.7 Å². The van der Waals surface area contributed by atoms with Gasteiger partial charge in [0.05, 0.1) is 0 Å². The minimum atomic E-state index is -0.467. The maximum absolute atomic E-state index is 10.7. The fourth-order valence-corrected chi connectivity index (χ4v) is 2.73. The Balaban J connectivity index is 1.83. The molecule has 0 aromatic heterocycles. The van der Waals surface area contributed by atoms with Crippen molar-refractivity contribution in [1.82, 2.24) is 5.32 Å². The molecule has 1 heterocycles. The van der Waals surface area contributed by atoms with Gasteiger partial charge in [0.2, 0.25) is 0 Å². The van der Waals surface area contributed by atoms with Crippen LogP contribution in [-0.4, -0.2) is 31.1 Å². The van der Waals surface area contributed by atoms with E-state index in [0.29, 0.717) is 17.8 Å². The highest BCUT2D eigenvalue weighted by atomic mass is 16.5. The first-order chi connectivity index (χ1) is 10.1. The number of anilines is 1. The van der Waals surface area contributed by atoms with Crippen LogP contribution in [0.1, 0.15) is 32.6 Å². The topological polar surface area (TPSA) is 76.4 Å². The molecule has 5 nitrogen and oxygen atoms in total. The first-order valence-electron chi connectivity index (χ1n) is 7.64. The molecule has 0 saturated carbocycles. The van der Waals surface area contributed by atoms with Gasteiger partial charge in [0.25, 0.3) is 5.91 Å². The molecule has 1 saturated heterocycles. The van der Waals surface area contributed by atoms with Crippen molar-refractivity contribution in [2.24, 2.45) is 5.73 Å². The van der Waals surface area contributed by atoms with Crippen molar-refractivity contribution >= 4 is 11.6 Å². The van der Waals surface area contributed by atoms with Crippen LogP contribution < -0.4 is 21.1 Å². The standard InChI is InChI=1S/C16H25N3O2/c1-12(9-13-5-2-3-8-18-13)19-14-6-4-7-15(10-14)21-11-16(17)20/h4,6-7,10,12-13,18-19H,2-3,5,8-9,11H2,1H3,(H2,17,20). The Hall–Kier alpha value is -1.75. The van der Waals surface area contributed by atoms with Gasteiger partial charge in [-0.3, -0.25) is 4.79 Å². The zero-order valence-electron chi connectivity index (χ0n) is 12.6. The van der Waals surface area contributed by atoms with Gasteiger partial charge in [-0.15, -0.1) is 0 Å². The lowest BCUT2D eigenvalue weighted by Crippen LogP contribution is -2.37. The number of rotatable bonds is 7. The lowest BCUT2D eigenvalue weighted by Gasteiger charge is -2.27. The molecule has 1 aliphatic rings. The number of amides is 1. The molecule has 0 aliphatic carbocycles. The minimum Gasteiger partial charge on any atom is -0.484 e. The summed E-state index contributed by atoms with van der Waals surface area (Å²) in [6.45, 7) is 3.23. The summed E-state index contributed by atoms with van der Waals surface area (Å²) in [6.07, 6.45) is 4.97. The van der Waals surface area contributed by atoms with Crippen molar-refractivity contribution in [3.05, 3.63) is 24.3 Å². The van der Waals surface area contributed by atoms with Gasteiger partial charge in [-0.25, -0.2) is 0 Å². The fourth-order valence-electron chi connectivity index (χ4n) is 2.73. The van der Waals surface area contributed by atoms with Crippen LogP contribution in [0.4, 0.5) is 5.69 Å². The molecule has 21 heavy (non-hydrogen) atoms. The average Bonchev–Trinajstić information content (AvgIpc) is 2.46. The maximum atomic E-state index is 10.7. The summed E-state index contributed by atoms with van der Waals surface area (Å²) >= 11 is 0. The van der Waals surface area contributed by atoms with Crippen LogP contribution in [0.2, 0.25) is 0 Å². The molecule has 1 amide bonds. The Kier molecular flexibility index (Phi) is 5.87. The van der Waals surface area contributed by atoms with Crippen molar-refractivity contribution in [3.8, 4) is 5.75 Å². The number of primary amides is 1. The summed E-state index contributed by atoms with van der Waals surface area (Å²) in [7, 11) is 0. The van der Waals surface area contributed by atoms with Crippen molar-refractivity contribution in [1.29, 1.82) is 0 Å². The SMILES string of the molecule is CC(CC1CCCCN1)Nc1cccc(OCC(N)=O)c1. The third kappa shape index (κ3) is 5.63. The van der Waals surface area contributed by atoms with E-state index in [-0.39, 0.29) is 6.61 Å². The number of carbonyl (C=O) groups is 1. The number of ether oxygens (including phenoxy) is 1. The van der Waals surface area contributed by atoms with Crippen LogP contribution in [0.3, 0.4) is 0 Å². The molecule has 5 heteroatoms. The third-order valence-corrected chi connectivity index (χ3v) is 3.68. The van der Waals surface area contributed by atoms with Gasteiger partial charge in [0.1, 0.15) is 5.75 Å². The van der Waals surface area contributed by atoms with Crippen LogP contribution in [0.25, 0.3) is 0 Å². The summed E-state index contributed by atoms with van der Waals surface area (Å²) in [4.78, 5) is 10.7. The first-order valence-corrected chi connectivity index (χ1v) is 7.64. The van der Waals surface area contributed by atoms with Gasteiger partial charge in [0.15, 0.2) is 6.61 Å². The molecule has 2 atom stereocenters. The minimum absolute atomic E-state index is 0.0923. The molecule has 1 aliphatic heterocycles. The van der Waals surface area contributed by atoms with Crippen LogP contribution in [-0.2, 0) is 4.79 Å². The Morgan fingerprint density at radius 2 is 2.38 bits per heavy atom. The van der Waals surface area contributed by atoms with Crippen LogP contribution in [0.15, 0.2) is 24.3 Å². The van der Waals surface area contributed by atoms with Gasteiger partial charge in [-0.1, -0.05) is 12.5 Å². The quantitative estimate of drug-likeness (QED) is 0.717. The zero-order chi connectivity index (χ0) is 15.1. The summed E-state index contributed by atoms with van der Waals surface area (Å²) in [5.74, 6) is 0.187. The van der Waals surface area contributed by atoms with Gasteiger partial charge in [-0.05, 0) is 44.9 Å². The number of nitrogens with one attached hydrogen (secondary N) is 2. The van der Waals surface area contributed by atoms with E-state index < -0.39 is 5.91 Å². The number of benzene rings is 1. The predicted octanol–water partition coefficient (Wildman–Crippen LogP) is 1.88. The highest BCUT2D eigenvalue weighted by Gasteiger charge is 2.15. The predicted molar refractivity (Wildman–Crippen MR) is 84.5 cm³/mol. The van der Waals surface area contributed by atoms with Crippen LogP contribution in [0, 0.1) is 0 Å². The number of hydrogen-bond acceptors (Lipinski definition) is 4. The number of carbonyl (C=O) groups excluding carboxylic acids is 1. The fraction of sp³-hybridized carbons (Fsp3) is 0.562. The van der Waals surface area contributed by atoms with Crippen LogP contribution >= 0.6 is 0 Å². The molecule has 1 fully saturated rings. The van der Waals surface area contributed by atoms with E-state index in [1.54, 1.807) is 0 Å². The highest BCUT2D eigenvalue weighted by Crippen LogP contribution is 2.20. The smallest absolute Gasteiger partial charge is 0.255 e.